The lowest BCUT2D eigenvalue weighted by molar-refractivity contribution is -0.110. The maximum atomic E-state index is 11.0. The fourth-order valence-corrected chi connectivity index (χ4v) is 1.90. The summed E-state index contributed by atoms with van der Waals surface area (Å²) >= 11 is 0. The van der Waals surface area contributed by atoms with E-state index in [0.717, 1.165) is 24.8 Å². The monoisotopic (exact) mass is 302 g/mol. The average Bonchev–Trinajstić information content (AvgIpc) is 2.36. The fraction of sp³-hybridized carbons (Fsp3) is 0.462. The van der Waals surface area contributed by atoms with Crippen molar-refractivity contribution in [2.45, 2.75) is 6.42 Å². The van der Waals surface area contributed by atoms with E-state index in [4.69, 9.17) is 0 Å². The molecule has 0 atom stereocenters. The number of sulfonamides is 1. The van der Waals surface area contributed by atoms with Gasteiger partial charge in [-0.2, -0.15) is 0 Å². The highest BCUT2D eigenvalue weighted by Gasteiger charge is 2.01. The van der Waals surface area contributed by atoms with Crippen LogP contribution in [0.15, 0.2) is 24.3 Å². The van der Waals surface area contributed by atoms with Crippen molar-refractivity contribution in [2.24, 2.45) is 0 Å². The number of rotatable bonds is 7. The van der Waals surface area contributed by atoms with E-state index in [1.807, 2.05) is 25.2 Å². The highest BCUT2D eigenvalue weighted by Crippen LogP contribution is 2.11. The van der Waals surface area contributed by atoms with E-state index in [0.29, 0.717) is 12.0 Å². The molecule has 0 aliphatic rings. The Morgan fingerprint density at radius 3 is 2.50 bits per heavy atom. The third-order valence-electron chi connectivity index (χ3n) is 2.13. The molecule has 0 saturated heterocycles. The number of ether oxygens (including phenoxy) is 1. The van der Waals surface area contributed by atoms with Crippen LogP contribution in [0.1, 0.15) is 5.56 Å². The second-order valence-corrected chi connectivity index (χ2v) is 5.80. The summed E-state index contributed by atoms with van der Waals surface area (Å²) in [7, 11) is 0.188. The zero-order valence-electron chi connectivity index (χ0n) is 12.0. The number of hydrogen-bond acceptors (Lipinski definition) is 5. The molecule has 20 heavy (non-hydrogen) atoms. The molecule has 0 saturated carbocycles. The predicted octanol–water partition coefficient (Wildman–Crippen LogP) is 0.652. The van der Waals surface area contributed by atoms with Gasteiger partial charge < -0.3 is 14.8 Å². The maximum absolute atomic E-state index is 11.0. The molecule has 0 heterocycles. The van der Waals surface area contributed by atoms with Crippen molar-refractivity contribution in [3.63, 3.8) is 0 Å². The molecule has 0 aromatic heterocycles. The van der Waals surface area contributed by atoms with Crippen LogP contribution in [0.2, 0.25) is 0 Å². The van der Waals surface area contributed by atoms with Crippen molar-refractivity contribution in [3.05, 3.63) is 29.8 Å². The van der Waals surface area contributed by atoms with Crippen LogP contribution in [0.4, 0.5) is 5.69 Å². The largest absolute Gasteiger partial charge is 0.377 e. The SMILES string of the molecule is CNCCc1cccc(NS(C)(=O)=O)c1.COCC=O. The van der Waals surface area contributed by atoms with Gasteiger partial charge in [-0.15, -0.1) is 0 Å². The second kappa shape index (κ2) is 10.4. The quantitative estimate of drug-likeness (QED) is 0.723. The van der Waals surface area contributed by atoms with Gasteiger partial charge in [-0.1, -0.05) is 12.1 Å². The zero-order chi connectivity index (χ0) is 15.4. The van der Waals surface area contributed by atoms with E-state index in [2.05, 4.69) is 14.8 Å². The first kappa shape index (κ1) is 18.6. The summed E-state index contributed by atoms with van der Waals surface area (Å²) in [4.78, 5) is 9.28. The van der Waals surface area contributed by atoms with Crippen LogP contribution in [0.25, 0.3) is 0 Å². The summed E-state index contributed by atoms with van der Waals surface area (Å²) in [6, 6.07) is 7.41. The summed E-state index contributed by atoms with van der Waals surface area (Å²) in [6.45, 7) is 1.09. The van der Waals surface area contributed by atoms with Crippen LogP contribution in [-0.4, -0.2) is 48.3 Å². The van der Waals surface area contributed by atoms with Crippen molar-refractivity contribution < 1.29 is 17.9 Å². The highest BCUT2D eigenvalue weighted by molar-refractivity contribution is 7.92. The van der Waals surface area contributed by atoms with Crippen molar-refractivity contribution >= 4 is 22.0 Å². The standard InChI is InChI=1S/C10H16N2O2S.C3H6O2/c1-11-7-6-9-4-3-5-10(8-9)12-15(2,13)14;1-5-3-2-4/h3-5,8,11-12H,6-7H2,1-2H3;2H,3H2,1H3. The molecule has 1 aromatic rings. The number of anilines is 1. The van der Waals surface area contributed by atoms with Gasteiger partial charge in [0.05, 0.1) is 6.26 Å². The van der Waals surface area contributed by atoms with Crippen LogP contribution < -0.4 is 10.0 Å². The molecule has 0 aliphatic carbocycles. The number of nitrogens with one attached hydrogen (secondary N) is 2. The van der Waals surface area contributed by atoms with Gasteiger partial charge >= 0.3 is 0 Å². The number of carbonyl (C=O) groups excluding carboxylic acids is 1. The molecule has 6 nitrogen and oxygen atoms in total. The molecule has 2 N–H and O–H groups in total. The summed E-state index contributed by atoms with van der Waals surface area (Å²) < 4.78 is 28.8. The number of aldehydes is 1. The minimum absolute atomic E-state index is 0.208. The van der Waals surface area contributed by atoms with Crippen LogP contribution in [0, 0.1) is 0 Å². The van der Waals surface area contributed by atoms with Gasteiger partial charge in [0.2, 0.25) is 10.0 Å². The first-order valence-corrected chi connectivity index (χ1v) is 7.96. The molecule has 0 fully saturated rings. The lowest BCUT2D eigenvalue weighted by atomic mass is 10.1. The Balaban J connectivity index is 0.000000621. The molecule has 0 amide bonds. The van der Waals surface area contributed by atoms with Gasteiger partial charge in [-0.05, 0) is 37.7 Å². The van der Waals surface area contributed by atoms with Crippen molar-refractivity contribution in [1.82, 2.24) is 5.32 Å². The van der Waals surface area contributed by atoms with Crippen molar-refractivity contribution in [3.8, 4) is 0 Å². The third kappa shape index (κ3) is 10.5. The smallest absolute Gasteiger partial charge is 0.229 e. The van der Waals surface area contributed by atoms with Crippen LogP contribution in [-0.2, 0) is 26.0 Å². The summed E-state index contributed by atoms with van der Waals surface area (Å²) in [5, 5.41) is 3.05. The number of methoxy groups -OCH3 is 1. The molecule has 7 heteroatoms. The Hall–Kier alpha value is -1.44. The van der Waals surface area contributed by atoms with Gasteiger partial charge in [0.15, 0.2) is 0 Å². The molecule has 1 rings (SSSR count). The van der Waals surface area contributed by atoms with Crippen molar-refractivity contribution in [1.29, 1.82) is 0 Å². The molecule has 0 unspecified atom stereocenters. The first-order valence-electron chi connectivity index (χ1n) is 6.07. The van der Waals surface area contributed by atoms with Crippen molar-refractivity contribution in [2.75, 3.05) is 38.3 Å². The topological polar surface area (TPSA) is 84.5 Å². The molecule has 0 spiro atoms. The lowest BCUT2D eigenvalue weighted by Crippen LogP contribution is -2.12. The van der Waals surface area contributed by atoms with E-state index in [1.165, 1.54) is 7.11 Å². The lowest BCUT2D eigenvalue weighted by Gasteiger charge is -2.06. The number of carbonyl (C=O) groups is 1. The van der Waals surface area contributed by atoms with E-state index in [9.17, 15) is 13.2 Å². The van der Waals surface area contributed by atoms with Gasteiger partial charge in [0.25, 0.3) is 0 Å². The summed E-state index contributed by atoms with van der Waals surface area (Å²) in [5.74, 6) is 0. The number of hydrogen-bond donors (Lipinski definition) is 2. The maximum Gasteiger partial charge on any atom is 0.229 e. The van der Waals surface area contributed by atoms with Gasteiger partial charge in [-0.25, -0.2) is 8.42 Å². The number of benzene rings is 1. The van der Waals surface area contributed by atoms with Crippen LogP contribution in [0.3, 0.4) is 0 Å². The van der Waals surface area contributed by atoms with Gasteiger partial charge in [0.1, 0.15) is 12.9 Å². The first-order chi connectivity index (χ1) is 9.42. The number of likely N-dealkylation sites (N-methyl/N-ethyl adjacent to an activating group) is 1. The molecule has 0 radical (unpaired) electrons. The van der Waals surface area contributed by atoms with E-state index >= 15 is 0 Å². The third-order valence-corrected chi connectivity index (χ3v) is 2.74. The molecule has 0 bridgehead atoms. The molecule has 114 valence electrons. The zero-order valence-corrected chi connectivity index (χ0v) is 12.9. The molecule has 0 aliphatic heterocycles. The molecular weight excluding hydrogens is 280 g/mol. The minimum Gasteiger partial charge on any atom is -0.377 e. The Labute approximate surface area is 120 Å². The van der Waals surface area contributed by atoms with E-state index < -0.39 is 10.0 Å². The molecular formula is C13H22N2O4S. The molecule has 1 aromatic carbocycles. The van der Waals surface area contributed by atoms with E-state index in [-0.39, 0.29) is 6.61 Å². The van der Waals surface area contributed by atoms with Gasteiger partial charge in [-0.3, -0.25) is 4.72 Å². The highest BCUT2D eigenvalue weighted by atomic mass is 32.2. The fourth-order valence-electron chi connectivity index (χ4n) is 1.34. The van der Waals surface area contributed by atoms with Crippen LogP contribution in [0.5, 0.6) is 0 Å². The van der Waals surface area contributed by atoms with Crippen LogP contribution >= 0.6 is 0 Å². The average molecular weight is 302 g/mol. The Morgan fingerprint density at radius 1 is 1.35 bits per heavy atom. The summed E-state index contributed by atoms with van der Waals surface area (Å²) in [5.41, 5.74) is 1.73. The second-order valence-electron chi connectivity index (χ2n) is 4.05. The van der Waals surface area contributed by atoms with E-state index in [1.54, 1.807) is 6.07 Å². The Bertz CT molecular complexity index is 489. The van der Waals surface area contributed by atoms with Gasteiger partial charge in [0, 0.05) is 12.8 Å². The Kier molecular flexibility index (Phi) is 9.61. The normalized spacial score (nSPS) is 10.3. The summed E-state index contributed by atoms with van der Waals surface area (Å²) in [6.07, 6.45) is 2.74. The predicted molar refractivity (Wildman–Crippen MR) is 80.5 cm³/mol. The Morgan fingerprint density at radius 2 is 2.05 bits per heavy atom. The minimum atomic E-state index is -3.18.